The summed E-state index contributed by atoms with van der Waals surface area (Å²) in [7, 11) is 1.49. The second kappa shape index (κ2) is 11.5. The summed E-state index contributed by atoms with van der Waals surface area (Å²) in [6.07, 6.45) is 3.08. The van der Waals surface area contributed by atoms with Crippen LogP contribution in [0, 0.1) is 5.82 Å². The highest BCUT2D eigenvalue weighted by atomic mass is 35.5. The molecule has 2 fully saturated rings. The lowest BCUT2D eigenvalue weighted by Gasteiger charge is -2.32. The molecule has 1 atom stereocenters. The lowest BCUT2D eigenvalue weighted by molar-refractivity contribution is 0.314. The summed E-state index contributed by atoms with van der Waals surface area (Å²) < 4.78 is 22.5. The number of halogens is 2. The molecular formula is C27H33ClFN7OS. The maximum atomic E-state index is 16.2. The van der Waals surface area contributed by atoms with E-state index in [9.17, 15) is 0 Å². The molecule has 0 aliphatic carbocycles. The van der Waals surface area contributed by atoms with Crippen LogP contribution in [0.4, 0.5) is 15.3 Å². The van der Waals surface area contributed by atoms with Crippen LogP contribution in [0.2, 0.25) is 5.02 Å². The summed E-state index contributed by atoms with van der Waals surface area (Å²) in [5.41, 5.74) is 7.56. The van der Waals surface area contributed by atoms with Gasteiger partial charge in [-0.2, -0.15) is 9.97 Å². The van der Waals surface area contributed by atoms with Crippen molar-refractivity contribution in [2.45, 2.75) is 45.2 Å². The van der Waals surface area contributed by atoms with Crippen molar-refractivity contribution in [1.29, 1.82) is 0 Å². The largest absolute Gasteiger partial charge is 0.467 e. The molecule has 4 N–H and O–H groups in total. The molecular weight excluding hydrogens is 525 g/mol. The number of para-hydroxylation sites is 1. The van der Waals surface area contributed by atoms with E-state index in [1.165, 1.54) is 18.4 Å². The summed E-state index contributed by atoms with van der Waals surface area (Å²) >= 11 is 8.11. The van der Waals surface area contributed by atoms with Crippen LogP contribution in [-0.2, 0) is 0 Å². The highest BCUT2D eigenvalue weighted by molar-refractivity contribution is 7.22. The van der Waals surface area contributed by atoms with Crippen molar-refractivity contribution < 1.29 is 9.13 Å². The number of hydrogen-bond donors (Lipinski definition) is 3. The Labute approximate surface area is 230 Å². The number of methoxy groups -OCH3 is 1. The van der Waals surface area contributed by atoms with Crippen LogP contribution in [0.1, 0.15) is 33.1 Å². The first-order chi connectivity index (χ1) is 18.5. The van der Waals surface area contributed by atoms with Crippen LogP contribution in [-0.4, -0.2) is 60.3 Å². The number of nitrogens with zero attached hydrogens (tertiary/aromatic N) is 4. The van der Waals surface area contributed by atoms with Gasteiger partial charge in [-0.3, -0.25) is 0 Å². The third-order valence-electron chi connectivity index (χ3n) is 7.01. The highest BCUT2D eigenvalue weighted by Gasteiger charge is 2.27. The van der Waals surface area contributed by atoms with E-state index in [1.807, 2.05) is 26.0 Å². The number of rotatable bonds is 5. The monoisotopic (exact) mass is 557 g/mol. The number of nitrogens with one attached hydrogen (secondary N) is 2. The van der Waals surface area contributed by atoms with E-state index in [0.717, 1.165) is 50.1 Å². The Hall–Kier alpha value is -2.79. The Bertz CT molecular complexity index is 1440. The molecule has 0 spiro atoms. The second-order valence-electron chi connectivity index (χ2n) is 9.32. The van der Waals surface area contributed by atoms with Crippen molar-refractivity contribution >= 4 is 55.0 Å². The van der Waals surface area contributed by atoms with E-state index in [4.69, 9.17) is 22.1 Å². The fourth-order valence-electron chi connectivity index (χ4n) is 5.12. The first-order valence-corrected chi connectivity index (χ1v) is 14.3. The molecule has 2 saturated heterocycles. The Morgan fingerprint density at radius 2 is 1.95 bits per heavy atom. The fourth-order valence-corrected chi connectivity index (χ4v) is 6.18. The Balaban J connectivity index is 0.00000144. The lowest BCUT2D eigenvalue weighted by Crippen LogP contribution is -2.58. The van der Waals surface area contributed by atoms with Gasteiger partial charge in [0.1, 0.15) is 11.3 Å². The minimum atomic E-state index is -0.523. The molecule has 0 saturated carbocycles. The quantitative estimate of drug-likeness (QED) is 0.306. The molecule has 8 nitrogen and oxygen atoms in total. The molecule has 1 unspecified atom stereocenters. The minimum Gasteiger partial charge on any atom is -0.467 e. The first kappa shape index (κ1) is 26.8. The van der Waals surface area contributed by atoms with Gasteiger partial charge in [0.15, 0.2) is 10.9 Å². The number of fused-ring (bicyclic) bond motifs is 2. The summed E-state index contributed by atoms with van der Waals surface area (Å²) in [6, 6.07) is 8.45. The van der Waals surface area contributed by atoms with Gasteiger partial charge in [0.05, 0.1) is 22.3 Å². The van der Waals surface area contributed by atoms with Gasteiger partial charge in [-0.25, -0.2) is 9.37 Å². The molecule has 2 aliphatic heterocycles. The first-order valence-electron chi connectivity index (χ1n) is 13.1. The molecule has 4 aromatic rings. The Kier molecular flexibility index (Phi) is 8.13. The summed E-state index contributed by atoms with van der Waals surface area (Å²) in [5, 5.41) is 8.33. The molecule has 11 heteroatoms. The molecule has 38 heavy (non-hydrogen) atoms. The fraction of sp³-hybridized carbons (Fsp3) is 0.444. The maximum absolute atomic E-state index is 16.2. The smallest absolute Gasteiger partial charge is 0.318 e. The van der Waals surface area contributed by atoms with Gasteiger partial charge in [0.2, 0.25) is 0 Å². The van der Waals surface area contributed by atoms with Crippen molar-refractivity contribution in [3.05, 3.63) is 35.1 Å². The van der Waals surface area contributed by atoms with Gasteiger partial charge in [0.25, 0.3) is 0 Å². The van der Waals surface area contributed by atoms with Crippen LogP contribution in [0.3, 0.4) is 0 Å². The van der Waals surface area contributed by atoms with Gasteiger partial charge in [-0.1, -0.05) is 48.9 Å². The number of anilines is 2. The highest BCUT2D eigenvalue weighted by Crippen LogP contribution is 2.42. The van der Waals surface area contributed by atoms with E-state index < -0.39 is 5.82 Å². The van der Waals surface area contributed by atoms with E-state index in [1.54, 1.807) is 12.1 Å². The predicted molar refractivity (Wildman–Crippen MR) is 155 cm³/mol. The molecule has 4 heterocycles. The molecule has 2 aromatic carbocycles. The topological polar surface area (TPSA) is 101 Å². The van der Waals surface area contributed by atoms with E-state index >= 15 is 4.39 Å². The number of benzene rings is 2. The van der Waals surface area contributed by atoms with Crippen LogP contribution >= 0.6 is 22.9 Å². The van der Waals surface area contributed by atoms with Gasteiger partial charge >= 0.3 is 6.01 Å². The van der Waals surface area contributed by atoms with Gasteiger partial charge in [-0.15, -0.1) is 0 Å². The Morgan fingerprint density at radius 1 is 1.13 bits per heavy atom. The summed E-state index contributed by atoms with van der Waals surface area (Å²) in [4.78, 5) is 15.7. The van der Waals surface area contributed by atoms with Crippen LogP contribution in [0.25, 0.3) is 32.2 Å². The summed E-state index contributed by atoms with van der Waals surface area (Å²) in [6.45, 7) is 7.66. The number of ether oxygens (including phenoxy) is 1. The normalized spacial score (nSPS) is 18.1. The molecule has 0 bridgehead atoms. The molecule has 2 aliphatic rings. The van der Waals surface area contributed by atoms with Gasteiger partial charge in [0, 0.05) is 54.8 Å². The third kappa shape index (κ3) is 5.10. The number of nitrogens with two attached hydrogens (primary N) is 1. The van der Waals surface area contributed by atoms with Crippen molar-refractivity contribution in [1.82, 2.24) is 25.6 Å². The zero-order chi connectivity index (χ0) is 26.8. The second-order valence-corrected chi connectivity index (χ2v) is 10.8. The molecule has 6 rings (SSSR count). The van der Waals surface area contributed by atoms with E-state index in [-0.39, 0.29) is 22.1 Å². The Morgan fingerprint density at radius 3 is 2.68 bits per heavy atom. The standard InChI is InChI=1S/C25H27ClFN7OS.C2H6/c1-35-25-32-22-16(23(33-25)34-8-3-4-13(7-9-34)30-14-11-29-12-14)10-17(26)19(20(22)27)15-5-2-6-18-21(15)31-24(28)36-18;1-2/h2,5-6,10,13-14,29-30H,3-4,7-9,11-12H2,1H3,(H2,28,31);1-2H3. The van der Waals surface area contributed by atoms with Gasteiger partial charge < -0.3 is 26.0 Å². The molecule has 0 amide bonds. The van der Waals surface area contributed by atoms with Crippen molar-refractivity contribution in [2.24, 2.45) is 0 Å². The average Bonchev–Trinajstić information content (AvgIpc) is 3.13. The maximum Gasteiger partial charge on any atom is 0.318 e. The van der Waals surface area contributed by atoms with E-state index in [2.05, 4.69) is 30.5 Å². The van der Waals surface area contributed by atoms with Crippen LogP contribution < -0.4 is 26.0 Å². The SMILES string of the molecule is CC.COc1nc(N2CCCC(NC3CNC3)CC2)c2cc(Cl)c(-c3cccc4sc(N)nc34)c(F)c2n1. The predicted octanol–water partition coefficient (Wildman–Crippen LogP) is 5.24. The van der Waals surface area contributed by atoms with E-state index in [0.29, 0.717) is 39.5 Å². The summed E-state index contributed by atoms with van der Waals surface area (Å²) in [5.74, 6) is 0.122. The minimum absolute atomic E-state index is 0.125. The molecule has 2 aromatic heterocycles. The zero-order valence-corrected chi connectivity index (χ0v) is 23.4. The number of thiazole rings is 1. The molecule has 202 valence electrons. The van der Waals surface area contributed by atoms with Crippen LogP contribution in [0.5, 0.6) is 6.01 Å². The number of aromatic nitrogens is 3. The third-order valence-corrected chi connectivity index (χ3v) is 8.16. The van der Waals surface area contributed by atoms with Crippen molar-refractivity contribution in [3.63, 3.8) is 0 Å². The zero-order valence-electron chi connectivity index (χ0n) is 21.9. The number of nitrogen functional groups attached to an aromatic ring is 1. The lowest BCUT2D eigenvalue weighted by atomic mass is 10.0. The van der Waals surface area contributed by atoms with Gasteiger partial charge in [-0.05, 0) is 31.4 Å². The number of hydrogen-bond acceptors (Lipinski definition) is 9. The molecule has 0 radical (unpaired) electrons. The van der Waals surface area contributed by atoms with Crippen molar-refractivity contribution in [2.75, 3.05) is 43.9 Å². The van der Waals surface area contributed by atoms with Crippen LogP contribution in [0.15, 0.2) is 24.3 Å². The average molecular weight is 558 g/mol. The van der Waals surface area contributed by atoms with Crippen molar-refractivity contribution in [3.8, 4) is 17.1 Å².